The van der Waals surface area contributed by atoms with Crippen LogP contribution in [0, 0.1) is 34.0 Å². The van der Waals surface area contributed by atoms with Crippen LogP contribution in [0.4, 0.5) is 0 Å². The zero-order valence-electron chi connectivity index (χ0n) is 15.1. The molecule has 0 bridgehead atoms. The summed E-state index contributed by atoms with van der Waals surface area (Å²) < 4.78 is 0. The fraction of sp³-hybridized carbons (Fsp3) is 0.762. The third kappa shape index (κ3) is 1.76. The summed E-state index contributed by atoms with van der Waals surface area (Å²) in [5.74, 6) is 1.77. The fourth-order valence-corrected chi connectivity index (χ4v) is 7.07. The van der Waals surface area contributed by atoms with E-state index in [1.54, 1.807) is 6.08 Å². The van der Waals surface area contributed by atoms with E-state index in [1.165, 1.54) is 6.29 Å². The van der Waals surface area contributed by atoms with Gasteiger partial charge in [-0.2, -0.15) is 0 Å². The van der Waals surface area contributed by atoms with Gasteiger partial charge in [0.2, 0.25) is 0 Å². The van der Waals surface area contributed by atoms with Crippen LogP contribution in [-0.2, 0) is 14.4 Å². The predicted molar refractivity (Wildman–Crippen MR) is 91.3 cm³/mol. The highest BCUT2D eigenvalue weighted by atomic mass is 16.1. The molecule has 5 atom stereocenters. The third-order valence-electron chi connectivity index (χ3n) is 8.27. The first-order valence-electron chi connectivity index (χ1n) is 9.50. The van der Waals surface area contributed by atoms with E-state index in [0.29, 0.717) is 36.4 Å². The maximum atomic E-state index is 12.5. The van der Waals surface area contributed by atoms with Crippen LogP contribution in [0.2, 0.25) is 0 Å². The van der Waals surface area contributed by atoms with Crippen LogP contribution in [0.15, 0.2) is 11.6 Å². The Morgan fingerprint density at radius 3 is 2.50 bits per heavy atom. The lowest BCUT2D eigenvalue weighted by atomic mass is 9.42. The molecule has 4 aliphatic carbocycles. The van der Waals surface area contributed by atoms with Crippen molar-refractivity contribution in [1.82, 2.24) is 0 Å². The number of carbonyl (C=O) groups excluding carboxylic acids is 3. The molecule has 0 aromatic heterocycles. The SMILES string of the molecule is CC1(C)CC(=O)C=C2CC[C@@H]3[C@H](CC[C@]4(C)C(=O)CC[C@@H]34)[C@]21C=O. The van der Waals surface area contributed by atoms with Crippen LogP contribution >= 0.6 is 0 Å². The number of rotatable bonds is 1. The summed E-state index contributed by atoms with van der Waals surface area (Å²) >= 11 is 0. The molecule has 0 N–H and O–H groups in total. The molecule has 0 spiro atoms. The van der Waals surface area contributed by atoms with Gasteiger partial charge in [-0.25, -0.2) is 0 Å². The minimum absolute atomic E-state index is 0.166. The summed E-state index contributed by atoms with van der Waals surface area (Å²) in [6, 6.07) is 0. The Hall–Kier alpha value is -1.25. The van der Waals surface area contributed by atoms with Gasteiger partial charge in [0.1, 0.15) is 12.1 Å². The normalized spacial score (nSPS) is 46.6. The first-order valence-corrected chi connectivity index (χ1v) is 9.50. The second kappa shape index (κ2) is 4.89. The second-order valence-electron chi connectivity index (χ2n) is 9.52. The lowest BCUT2D eigenvalue weighted by Crippen LogP contribution is -2.58. The van der Waals surface area contributed by atoms with E-state index >= 15 is 0 Å². The Bertz CT molecular complexity index is 658. The van der Waals surface area contributed by atoms with Crippen LogP contribution in [0.3, 0.4) is 0 Å². The van der Waals surface area contributed by atoms with Gasteiger partial charge in [0.15, 0.2) is 5.78 Å². The number of carbonyl (C=O) groups is 3. The molecule has 0 aromatic carbocycles. The minimum Gasteiger partial charge on any atom is -0.302 e. The van der Waals surface area contributed by atoms with Gasteiger partial charge >= 0.3 is 0 Å². The minimum atomic E-state index is -0.503. The summed E-state index contributed by atoms with van der Waals surface area (Å²) in [6.45, 7) is 6.36. The Kier molecular flexibility index (Phi) is 3.31. The average molecular weight is 328 g/mol. The second-order valence-corrected chi connectivity index (χ2v) is 9.52. The highest BCUT2D eigenvalue weighted by Gasteiger charge is 2.64. The lowest BCUT2D eigenvalue weighted by Gasteiger charge is -2.60. The summed E-state index contributed by atoms with van der Waals surface area (Å²) in [7, 11) is 0. The molecule has 130 valence electrons. The van der Waals surface area contributed by atoms with E-state index in [0.717, 1.165) is 37.7 Å². The van der Waals surface area contributed by atoms with Crippen molar-refractivity contribution in [2.45, 2.75) is 65.7 Å². The van der Waals surface area contributed by atoms with Crippen LogP contribution < -0.4 is 0 Å². The molecule has 3 fully saturated rings. The van der Waals surface area contributed by atoms with Crippen molar-refractivity contribution in [1.29, 1.82) is 0 Å². The van der Waals surface area contributed by atoms with E-state index < -0.39 is 5.41 Å². The molecule has 0 aliphatic heterocycles. The first kappa shape index (κ1) is 16.2. The highest BCUT2D eigenvalue weighted by Crippen LogP contribution is 2.67. The Balaban J connectivity index is 1.82. The van der Waals surface area contributed by atoms with E-state index in [4.69, 9.17) is 0 Å². The van der Waals surface area contributed by atoms with Crippen molar-refractivity contribution in [3.05, 3.63) is 11.6 Å². The molecule has 0 heterocycles. The van der Waals surface area contributed by atoms with Gasteiger partial charge < -0.3 is 4.79 Å². The number of Topliss-reactive ketones (excluding diaryl/α,β-unsaturated/α-hetero) is 1. The van der Waals surface area contributed by atoms with E-state index in [2.05, 4.69) is 20.8 Å². The molecule has 0 amide bonds. The molecular formula is C21H28O3. The Morgan fingerprint density at radius 2 is 1.79 bits per heavy atom. The predicted octanol–water partition coefficient (Wildman–Crippen LogP) is 3.90. The van der Waals surface area contributed by atoms with Crippen LogP contribution in [0.1, 0.15) is 65.7 Å². The van der Waals surface area contributed by atoms with Crippen molar-refractivity contribution in [2.75, 3.05) is 0 Å². The van der Waals surface area contributed by atoms with Crippen molar-refractivity contribution < 1.29 is 14.4 Å². The summed E-state index contributed by atoms with van der Waals surface area (Å²) in [4.78, 5) is 37.2. The van der Waals surface area contributed by atoms with Gasteiger partial charge in [-0.15, -0.1) is 0 Å². The summed E-state index contributed by atoms with van der Waals surface area (Å²) in [6.07, 6.45) is 8.84. The first-order chi connectivity index (χ1) is 11.3. The molecule has 3 nitrogen and oxygen atoms in total. The summed E-state index contributed by atoms with van der Waals surface area (Å²) in [5.41, 5.74) is 0.0842. The fourth-order valence-electron chi connectivity index (χ4n) is 7.07. The average Bonchev–Trinajstić information content (AvgIpc) is 2.81. The van der Waals surface area contributed by atoms with Gasteiger partial charge in [0.25, 0.3) is 0 Å². The van der Waals surface area contributed by atoms with Gasteiger partial charge in [0.05, 0.1) is 5.41 Å². The third-order valence-corrected chi connectivity index (χ3v) is 8.27. The maximum absolute atomic E-state index is 12.5. The molecule has 24 heavy (non-hydrogen) atoms. The number of hydrogen-bond donors (Lipinski definition) is 0. The van der Waals surface area contributed by atoms with Gasteiger partial charge in [-0.05, 0) is 61.3 Å². The van der Waals surface area contributed by atoms with Crippen LogP contribution in [0.5, 0.6) is 0 Å². The van der Waals surface area contributed by atoms with Crippen LogP contribution in [-0.4, -0.2) is 17.9 Å². The molecule has 3 heteroatoms. The topological polar surface area (TPSA) is 51.2 Å². The Morgan fingerprint density at radius 1 is 1.04 bits per heavy atom. The maximum Gasteiger partial charge on any atom is 0.156 e. The molecular weight excluding hydrogens is 300 g/mol. The van der Waals surface area contributed by atoms with Crippen LogP contribution in [0.25, 0.3) is 0 Å². The van der Waals surface area contributed by atoms with E-state index in [-0.39, 0.29) is 16.6 Å². The smallest absolute Gasteiger partial charge is 0.156 e. The lowest BCUT2D eigenvalue weighted by molar-refractivity contribution is -0.146. The highest BCUT2D eigenvalue weighted by molar-refractivity contribution is 5.95. The number of hydrogen-bond acceptors (Lipinski definition) is 3. The van der Waals surface area contributed by atoms with Crippen molar-refractivity contribution in [3.8, 4) is 0 Å². The number of allylic oxidation sites excluding steroid dienone is 1. The van der Waals surface area contributed by atoms with E-state index in [9.17, 15) is 14.4 Å². The monoisotopic (exact) mass is 328 g/mol. The molecule has 0 radical (unpaired) electrons. The molecule has 4 aliphatic rings. The van der Waals surface area contributed by atoms with Gasteiger partial charge in [-0.1, -0.05) is 26.3 Å². The zero-order chi connectivity index (χ0) is 17.3. The molecule has 0 unspecified atom stereocenters. The molecule has 0 aromatic rings. The van der Waals surface area contributed by atoms with Crippen molar-refractivity contribution in [3.63, 3.8) is 0 Å². The Labute approximate surface area is 144 Å². The standard InChI is InChI=1S/C21H28O3/c1-19(2)11-14(23)10-13-4-5-15-16-6-7-18(24)20(16,3)9-8-17(15)21(13,19)12-22/h10,12,15-17H,4-9,11H2,1-3H3/t15-,16-,17-,20-,21-/m0/s1. The number of ketones is 2. The quantitative estimate of drug-likeness (QED) is 0.686. The van der Waals surface area contributed by atoms with Gasteiger partial charge in [-0.3, -0.25) is 9.59 Å². The van der Waals surface area contributed by atoms with Crippen molar-refractivity contribution in [2.24, 2.45) is 34.0 Å². The molecule has 3 saturated carbocycles. The summed E-state index contributed by atoms with van der Waals surface area (Å²) in [5, 5.41) is 0. The van der Waals surface area contributed by atoms with Crippen molar-refractivity contribution >= 4 is 17.9 Å². The molecule has 4 rings (SSSR count). The molecule has 0 saturated heterocycles. The largest absolute Gasteiger partial charge is 0.302 e. The van der Waals surface area contributed by atoms with E-state index in [1.807, 2.05) is 0 Å². The zero-order valence-corrected chi connectivity index (χ0v) is 15.1. The number of fused-ring (bicyclic) bond motifs is 5. The van der Waals surface area contributed by atoms with Gasteiger partial charge in [0, 0.05) is 18.3 Å². The number of aldehydes is 1.